The van der Waals surface area contributed by atoms with Crippen molar-refractivity contribution in [1.29, 1.82) is 0 Å². The van der Waals surface area contributed by atoms with E-state index in [1.54, 1.807) is 31.2 Å². The van der Waals surface area contributed by atoms with Crippen molar-refractivity contribution in [2.24, 2.45) is 0 Å². The first-order valence-corrected chi connectivity index (χ1v) is 6.21. The minimum Gasteiger partial charge on any atom is -0.384 e. The van der Waals surface area contributed by atoms with Crippen LogP contribution in [0.2, 0.25) is 0 Å². The molecule has 0 saturated carbocycles. The molecule has 98 valence electrons. The summed E-state index contributed by atoms with van der Waals surface area (Å²) < 4.78 is 0.752. The SMILES string of the molecule is Cc1nc(N)ccc1Nc1cc(Br)ccc1[N+](=O)[O-]. The van der Waals surface area contributed by atoms with Crippen molar-refractivity contribution in [1.82, 2.24) is 4.98 Å². The standard InChI is InChI=1S/C12H11BrN4O2/c1-7-9(3-5-12(14)15-7)16-10-6-8(13)2-4-11(10)17(18)19/h2-6,16H,1H3,(H2,14,15). The largest absolute Gasteiger partial charge is 0.384 e. The van der Waals surface area contributed by atoms with Gasteiger partial charge >= 0.3 is 0 Å². The lowest BCUT2D eigenvalue weighted by atomic mass is 10.2. The number of rotatable bonds is 3. The molecule has 2 aromatic rings. The predicted molar refractivity (Wildman–Crippen MR) is 77.5 cm³/mol. The van der Waals surface area contributed by atoms with Crippen LogP contribution in [0.4, 0.5) is 22.9 Å². The number of nitrogens with one attached hydrogen (secondary N) is 1. The van der Waals surface area contributed by atoms with Crippen LogP contribution >= 0.6 is 15.9 Å². The molecule has 1 heterocycles. The maximum atomic E-state index is 11.0. The lowest BCUT2D eigenvalue weighted by Crippen LogP contribution is -2.01. The molecule has 1 aromatic carbocycles. The van der Waals surface area contributed by atoms with E-state index in [0.717, 1.165) is 4.47 Å². The molecule has 0 saturated heterocycles. The van der Waals surface area contributed by atoms with Crippen LogP contribution in [0.15, 0.2) is 34.8 Å². The number of hydrogen-bond acceptors (Lipinski definition) is 5. The third-order valence-corrected chi connectivity index (χ3v) is 3.03. The first-order valence-electron chi connectivity index (χ1n) is 5.41. The van der Waals surface area contributed by atoms with Gasteiger partial charge in [-0.15, -0.1) is 0 Å². The van der Waals surface area contributed by atoms with Crippen LogP contribution < -0.4 is 11.1 Å². The van der Waals surface area contributed by atoms with Gasteiger partial charge in [-0.25, -0.2) is 4.98 Å². The maximum Gasteiger partial charge on any atom is 0.292 e. The Labute approximate surface area is 117 Å². The zero-order valence-electron chi connectivity index (χ0n) is 10.1. The van der Waals surface area contributed by atoms with Gasteiger partial charge in [0, 0.05) is 10.5 Å². The van der Waals surface area contributed by atoms with E-state index in [9.17, 15) is 10.1 Å². The van der Waals surface area contributed by atoms with Gasteiger partial charge in [0.2, 0.25) is 0 Å². The number of aryl methyl sites for hydroxylation is 1. The molecular weight excluding hydrogens is 312 g/mol. The molecule has 1 aromatic heterocycles. The molecule has 0 bridgehead atoms. The van der Waals surface area contributed by atoms with E-state index >= 15 is 0 Å². The summed E-state index contributed by atoms with van der Waals surface area (Å²) in [5.74, 6) is 0.409. The number of nitrogens with zero attached hydrogens (tertiary/aromatic N) is 2. The van der Waals surface area contributed by atoms with Crippen molar-refractivity contribution in [3.8, 4) is 0 Å². The Bertz CT molecular complexity index is 646. The van der Waals surface area contributed by atoms with Crippen LogP contribution in [0.25, 0.3) is 0 Å². The van der Waals surface area contributed by atoms with Gasteiger partial charge in [0.1, 0.15) is 11.5 Å². The quantitative estimate of drug-likeness (QED) is 0.667. The third-order valence-electron chi connectivity index (χ3n) is 2.53. The molecule has 0 amide bonds. The maximum absolute atomic E-state index is 11.0. The number of nitro benzene ring substituents is 1. The van der Waals surface area contributed by atoms with E-state index in [4.69, 9.17) is 5.73 Å². The van der Waals surface area contributed by atoms with Gasteiger partial charge < -0.3 is 11.1 Å². The van der Waals surface area contributed by atoms with E-state index in [1.165, 1.54) is 6.07 Å². The lowest BCUT2D eigenvalue weighted by molar-refractivity contribution is -0.383. The summed E-state index contributed by atoms with van der Waals surface area (Å²) in [6.07, 6.45) is 0. The van der Waals surface area contributed by atoms with Gasteiger partial charge in [-0.1, -0.05) is 15.9 Å². The molecule has 0 aliphatic heterocycles. The van der Waals surface area contributed by atoms with Crippen LogP contribution in [-0.2, 0) is 0 Å². The minimum atomic E-state index is -0.436. The van der Waals surface area contributed by atoms with Gasteiger partial charge in [-0.3, -0.25) is 10.1 Å². The molecule has 19 heavy (non-hydrogen) atoms. The Kier molecular flexibility index (Phi) is 3.66. The van der Waals surface area contributed by atoms with Crippen LogP contribution in [-0.4, -0.2) is 9.91 Å². The first-order chi connectivity index (χ1) is 8.97. The van der Waals surface area contributed by atoms with Crippen molar-refractivity contribution in [3.63, 3.8) is 0 Å². The lowest BCUT2D eigenvalue weighted by Gasteiger charge is -2.10. The number of pyridine rings is 1. The normalized spacial score (nSPS) is 10.2. The van der Waals surface area contributed by atoms with Crippen molar-refractivity contribution in [3.05, 3.63) is 50.6 Å². The fraction of sp³-hybridized carbons (Fsp3) is 0.0833. The highest BCUT2D eigenvalue weighted by atomic mass is 79.9. The van der Waals surface area contributed by atoms with Crippen LogP contribution in [0, 0.1) is 17.0 Å². The monoisotopic (exact) mass is 322 g/mol. The first kappa shape index (κ1) is 13.3. The summed E-state index contributed by atoms with van der Waals surface area (Å²) in [6, 6.07) is 8.08. The minimum absolute atomic E-state index is 0.000532. The molecule has 0 unspecified atom stereocenters. The number of nitro groups is 1. The van der Waals surface area contributed by atoms with E-state index in [2.05, 4.69) is 26.2 Å². The Morgan fingerprint density at radius 2 is 2.05 bits per heavy atom. The third kappa shape index (κ3) is 3.00. The highest BCUT2D eigenvalue weighted by Gasteiger charge is 2.14. The van der Waals surface area contributed by atoms with Crippen molar-refractivity contribution >= 4 is 38.8 Å². The molecule has 7 heteroatoms. The molecule has 0 aliphatic rings. The molecule has 0 fully saturated rings. The van der Waals surface area contributed by atoms with E-state index in [0.29, 0.717) is 22.9 Å². The topological polar surface area (TPSA) is 94.1 Å². The molecule has 0 radical (unpaired) electrons. The molecule has 0 atom stereocenters. The van der Waals surface area contributed by atoms with Crippen molar-refractivity contribution < 1.29 is 4.92 Å². The molecule has 3 N–H and O–H groups in total. The predicted octanol–water partition coefficient (Wildman–Crippen LogP) is 3.39. The van der Waals surface area contributed by atoms with Gasteiger partial charge in [0.05, 0.1) is 16.3 Å². The number of aromatic nitrogens is 1. The number of anilines is 3. The number of halogens is 1. The summed E-state index contributed by atoms with van der Waals surface area (Å²) in [6.45, 7) is 1.78. The van der Waals surface area contributed by atoms with E-state index in [-0.39, 0.29) is 5.69 Å². The van der Waals surface area contributed by atoms with Crippen LogP contribution in [0.1, 0.15) is 5.69 Å². The Morgan fingerprint density at radius 1 is 1.32 bits per heavy atom. The second-order valence-electron chi connectivity index (χ2n) is 3.91. The molecule has 2 rings (SSSR count). The zero-order valence-corrected chi connectivity index (χ0v) is 11.6. The van der Waals surface area contributed by atoms with Crippen LogP contribution in [0.5, 0.6) is 0 Å². The smallest absolute Gasteiger partial charge is 0.292 e. The zero-order chi connectivity index (χ0) is 14.0. The van der Waals surface area contributed by atoms with Gasteiger partial charge in [0.25, 0.3) is 5.69 Å². The number of benzene rings is 1. The van der Waals surface area contributed by atoms with Crippen LogP contribution in [0.3, 0.4) is 0 Å². The Morgan fingerprint density at radius 3 is 2.68 bits per heavy atom. The van der Waals surface area contributed by atoms with Gasteiger partial charge in [-0.2, -0.15) is 0 Å². The second-order valence-corrected chi connectivity index (χ2v) is 4.83. The highest BCUT2D eigenvalue weighted by Crippen LogP contribution is 2.31. The van der Waals surface area contributed by atoms with Crippen molar-refractivity contribution in [2.45, 2.75) is 6.92 Å². The summed E-state index contributed by atoms with van der Waals surface area (Å²) in [7, 11) is 0. The average molecular weight is 323 g/mol. The van der Waals surface area contributed by atoms with Gasteiger partial charge in [-0.05, 0) is 31.2 Å². The number of nitrogen functional groups attached to an aromatic ring is 1. The number of nitrogens with two attached hydrogens (primary N) is 1. The summed E-state index contributed by atoms with van der Waals surface area (Å²) in [4.78, 5) is 14.6. The average Bonchev–Trinajstić information content (AvgIpc) is 2.32. The Balaban J connectivity index is 2.42. The van der Waals surface area contributed by atoms with E-state index < -0.39 is 4.92 Å². The fourth-order valence-electron chi connectivity index (χ4n) is 1.63. The number of hydrogen-bond donors (Lipinski definition) is 2. The van der Waals surface area contributed by atoms with Gasteiger partial charge in [0.15, 0.2) is 0 Å². The second kappa shape index (κ2) is 5.23. The van der Waals surface area contributed by atoms with Crippen molar-refractivity contribution in [2.75, 3.05) is 11.1 Å². The fourth-order valence-corrected chi connectivity index (χ4v) is 1.99. The summed E-state index contributed by atoms with van der Waals surface area (Å²) in [5.41, 5.74) is 7.32. The summed E-state index contributed by atoms with van der Waals surface area (Å²) >= 11 is 3.29. The molecule has 0 aliphatic carbocycles. The molecule has 6 nitrogen and oxygen atoms in total. The highest BCUT2D eigenvalue weighted by molar-refractivity contribution is 9.10. The summed E-state index contributed by atoms with van der Waals surface area (Å²) in [5, 5.41) is 14.0. The Hall–Kier alpha value is -2.15. The molecule has 0 spiro atoms. The molecular formula is C12H11BrN4O2. The van der Waals surface area contributed by atoms with E-state index in [1.807, 2.05) is 0 Å².